The Kier molecular flexibility index (Phi) is 3.74. The second-order valence-electron chi connectivity index (χ2n) is 7.14. The molecule has 134 valence electrons. The summed E-state index contributed by atoms with van der Waals surface area (Å²) in [6.07, 6.45) is 2.50. The summed E-state index contributed by atoms with van der Waals surface area (Å²) >= 11 is 1.44. The molecule has 0 aliphatic carbocycles. The van der Waals surface area contributed by atoms with Crippen molar-refractivity contribution in [1.29, 1.82) is 0 Å². The fourth-order valence-electron chi connectivity index (χ4n) is 4.17. The lowest BCUT2D eigenvalue weighted by molar-refractivity contribution is 0.0603. The largest absolute Gasteiger partial charge is 0.381 e. The van der Waals surface area contributed by atoms with Gasteiger partial charge >= 0.3 is 0 Å². The fourth-order valence-corrected chi connectivity index (χ4v) is 4.93. The van der Waals surface area contributed by atoms with Crippen LogP contribution in [-0.4, -0.2) is 42.1 Å². The van der Waals surface area contributed by atoms with Crippen LogP contribution in [0.4, 0.5) is 10.7 Å². The number of Topliss-reactive ketones (excluding diaryl/α,β-unsaturated/α-hetero) is 1. The molecule has 1 aromatic heterocycles. The number of nitrogens with zero attached hydrogens (tertiary/aromatic N) is 2. The van der Waals surface area contributed by atoms with Crippen LogP contribution in [0.15, 0.2) is 40.7 Å². The van der Waals surface area contributed by atoms with Crippen LogP contribution in [0.25, 0.3) is 0 Å². The van der Waals surface area contributed by atoms with E-state index >= 15 is 0 Å². The number of carbonyl (C=O) groups is 1. The number of aliphatic hydroxyl groups is 1. The zero-order valence-corrected chi connectivity index (χ0v) is 15.2. The molecule has 1 aromatic carbocycles. The van der Waals surface area contributed by atoms with Crippen molar-refractivity contribution in [1.82, 2.24) is 0 Å². The molecule has 1 unspecified atom stereocenters. The molecule has 3 aliphatic rings. The minimum Gasteiger partial charge on any atom is -0.381 e. The molecule has 5 nitrogen and oxygen atoms in total. The Balaban J connectivity index is 1.47. The summed E-state index contributed by atoms with van der Waals surface area (Å²) < 4.78 is 5.45. The Morgan fingerprint density at radius 2 is 1.96 bits per heavy atom. The summed E-state index contributed by atoms with van der Waals surface area (Å²) in [6, 6.07) is 10.2. The minimum atomic E-state index is -1.49. The van der Waals surface area contributed by atoms with Gasteiger partial charge in [0.15, 0.2) is 11.4 Å². The molecule has 6 heteroatoms. The Hall–Kier alpha value is -2.02. The van der Waals surface area contributed by atoms with Gasteiger partial charge < -0.3 is 14.7 Å². The van der Waals surface area contributed by atoms with Crippen LogP contribution in [0, 0.1) is 0 Å². The van der Waals surface area contributed by atoms with E-state index < -0.39 is 5.60 Å². The topological polar surface area (TPSA) is 62.1 Å². The lowest BCUT2D eigenvalue weighted by Crippen LogP contribution is -2.48. The molecule has 4 heterocycles. The number of anilines is 1. The third kappa shape index (κ3) is 2.36. The van der Waals surface area contributed by atoms with E-state index in [9.17, 15) is 9.90 Å². The first-order valence-corrected chi connectivity index (χ1v) is 9.94. The smallest absolute Gasteiger partial charge is 0.205 e. The van der Waals surface area contributed by atoms with Gasteiger partial charge in [-0.3, -0.25) is 4.79 Å². The van der Waals surface area contributed by atoms with Gasteiger partial charge in [0.05, 0.1) is 5.56 Å². The van der Waals surface area contributed by atoms with E-state index in [2.05, 4.69) is 29.3 Å². The van der Waals surface area contributed by atoms with Crippen molar-refractivity contribution in [2.45, 2.75) is 30.8 Å². The SMILES string of the molecule is O=C1c2ccsc2N=C2N(c3ccc(C4CCOCC4)cc3)CCC12O. The maximum absolute atomic E-state index is 12.8. The van der Waals surface area contributed by atoms with Gasteiger partial charge in [0.1, 0.15) is 5.00 Å². The van der Waals surface area contributed by atoms with Gasteiger partial charge in [0.25, 0.3) is 0 Å². The summed E-state index contributed by atoms with van der Waals surface area (Å²) in [4.78, 5) is 19.4. The zero-order chi connectivity index (χ0) is 17.7. The molecule has 0 amide bonds. The second kappa shape index (κ2) is 6.01. The first-order chi connectivity index (χ1) is 12.7. The Bertz CT molecular complexity index is 883. The van der Waals surface area contributed by atoms with Crippen molar-refractivity contribution in [3.05, 3.63) is 46.8 Å². The van der Waals surface area contributed by atoms with Crippen molar-refractivity contribution in [3.63, 3.8) is 0 Å². The normalized spacial score (nSPS) is 25.8. The minimum absolute atomic E-state index is 0.222. The summed E-state index contributed by atoms with van der Waals surface area (Å²) in [5.41, 5.74) is 1.35. The number of carbonyl (C=O) groups excluding carboxylic acids is 1. The van der Waals surface area contributed by atoms with E-state index in [1.165, 1.54) is 16.9 Å². The number of fused-ring (bicyclic) bond motifs is 2. The van der Waals surface area contributed by atoms with Crippen LogP contribution >= 0.6 is 11.3 Å². The molecule has 3 aliphatic heterocycles. The van der Waals surface area contributed by atoms with Gasteiger partial charge in [-0.2, -0.15) is 0 Å². The van der Waals surface area contributed by atoms with Crippen LogP contribution in [-0.2, 0) is 4.74 Å². The molecular formula is C20H20N2O3S. The summed E-state index contributed by atoms with van der Waals surface area (Å²) in [6.45, 7) is 2.24. The summed E-state index contributed by atoms with van der Waals surface area (Å²) in [5.74, 6) is 0.798. The molecule has 2 saturated heterocycles. The van der Waals surface area contributed by atoms with Gasteiger partial charge in [-0.1, -0.05) is 12.1 Å². The van der Waals surface area contributed by atoms with Crippen molar-refractivity contribution < 1.29 is 14.6 Å². The van der Waals surface area contributed by atoms with Crippen molar-refractivity contribution in [3.8, 4) is 0 Å². The number of aliphatic imine (C=N–C) groups is 1. The van der Waals surface area contributed by atoms with E-state index in [0.29, 0.717) is 35.3 Å². The highest BCUT2D eigenvalue weighted by atomic mass is 32.1. The Labute approximate surface area is 155 Å². The van der Waals surface area contributed by atoms with Crippen LogP contribution < -0.4 is 4.90 Å². The molecule has 1 N–H and O–H groups in total. The fraction of sp³-hybridized carbons (Fsp3) is 0.400. The second-order valence-corrected chi connectivity index (χ2v) is 8.04. The molecule has 1 atom stereocenters. The van der Waals surface area contributed by atoms with Crippen LogP contribution in [0.2, 0.25) is 0 Å². The number of thiophene rings is 1. The molecule has 2 fully saturated rings. The molecule has 26 heavy (non-hydrogen) atoms. The van der Waals surface area contributed by atoms with Crippen molar-refractivity contribution in [2.75, 3.05) is 24.7 Å². The molecular weight excluding hydrogens is 348 g/mol. The first kappa shape index (κ1) is 16.2. The zero-order valence-electron chi connectivity index (χ0n) is 14.4. The summed E-state index contributed by atoms with van der Waals surface area (Å²) in [5, 5.41) is 13.5. The highest BCUT2D eigenvalue weighted by Gasteiger charge is 2.52. The molecule has 5 rings (SSSR count). The first-order valence-electron chi connectivity index (χ1n) is 9.06. The number of rotatable bonds is 2. The van der Waals surface area contributed by atoms with E-state index in [4.69, 9.17) is 4.74 Å². The quantitative estimate of drug-likeness (QED) is 0.881. The van der Waals surface area contributed by atoms with Crippen molar-refractivity contribution in [2.24, 2.45) is 4.99 Å². The maximum atomic E-state index is 12.8. The summed E-state index contributed by atoms with van der Waals surface area (Å²) in [7, 11) is 0. The number of hydrogen-bond donors (Lipinski definition) is 1. The highest BCUT2D eigenvalue weighted by Crippen LogP contribution is 2.42. The predicted molar refractivity (Wildman–Crippen MR) is 102 cm³/mol. The molecule has 0 radical (unpaired) electrons. The average Bonchev–Trinajstić information content (AvgIpc) is 3.28. The van der Waals surface area contributed by atoms with Crippen molar-refractivity contribution >= 4 is 33.6 Å². The van der Waals surface area contributed by atoms with E-state index in [1.807, 2.05) is 10.3 Å². The molecule has 2 aromatic rings. The van der Waals surface area contributed by atoms with E-state index in [0.717, 1.165) is 31.7 Å². The lowest BCUT2D eigenvalue weighted by Gasteiger charge is -2.29. The molecule has 0 spiro atoms. The van der Waals surface area contributed by atoms with Gasteiger partial charge in [-0.05, 0) is 47.9 Å². The van der Waals surface area contributed by atoms with Gasteiger partial charge in [-0.15, -0.1) is 11.3 Å². The third-order valence-corrected chi connectivity index (χ3v) is 6.50. The third-order valence-electron chi connectivity index (χ3n) is 5.69. The number of benzene rings is 1. The average molecular weight is 368 g/mol. The maximum Gasteiger partial charge on any atom is 0.205 e. The standard InChI is InChI=1S/C20H20N2O3S/c23-17-16-7-12-26-18(16)21-19-20(17,24)8-9-22(19)15-3-1-13(2-4-15)14-5-10-25-11-6-14/h1-4,7,12,14,24H,5-6,8-11H2. The van der Waals surface area contributed by atoms with Crippen LogP contribution in [0.3, 0.4) is 0 Å². The molecule has 0 bridgehead atoms. The number of hydrogen-bond acceptors (Lipinski definition) is 6. The Morgan fingerprint density at radius 3 is 2.73 bits per heavy atom. The van der Waals surface area contributed by atoms with Gasteiger partial charge in [-0.25, -0.2) is 4.99 Å². The van der Waals surface area contributed by atoms with Crippen LogP contribution in [0.5, 0.6) is 0 Å². The number of ketones is 1. The lowest BCUT2D eigenvalue weighted by atomic mass is 9.90. The highest BCUT2D eigenvalue weighted by molar-refractivity contribution is 7.14. The van der Waals surface area contributed by atoms with Gasteiger partial charge in [0, 0.05) is 31.9 Å². The Morgan fingerprint density at radius 1 is 1.19 bits per heavy atom. The van der Waals surface area contributed by atoms with E-state index in [1.54, 1.807) is 6.07 Å². The van der Waals surface area contributed by atoms with Gasteiger partial charge in [0.2, 0.25) is 5.78 Å². The van der Waals surface area contributed by atoms with E-state index in [-0.39, 0.29) is 5.78 Å². The monoisotopic (exact) mass is 368 g/mol. The number of amidine groups is 1. The predicted octanol–water partition coefficient (Wildman–Crippen LogP) is 3.51. The van der Waals surface area contributed by atoms with Crippen LogP contribution in [0.1, 0.15) is 41.1 Å². The number of ether oxygens (including phenoxy) is 1. The molecule has 0 saturated carbocycles.